The predicted octanol–water partition coefficient (Wildman–Crippen LogP) is 3.37. The summed E-state index contributed by atoms with van der Waals surface area (Å²) in [5.41, 5.74) is 0.706. The smallest absolute Gasteiger partial charge is 0.176 e. The molecule has 0 aliphatic heterocycles. The molecule has 0 saturated heterocycles. The number of hydrogen-bond donors (Lipinski definition) is 0. The summed E-state index contributed by atoms with van der Waals surface area (Å²) >= 11 is 3.39. The van der Waals surface area contributed by atoms with E-state index in [1.807, 2.05) is 13.1 Å². The minimum atomic E-state index is 0.126. The van der Waals surface area contributed by atoms with Gasteiger partial charge in [-0.05, 0) is 54.5 Å². The fourth-order valence-electron chi connectivity index (χ4n) is 1.63. The fourth-order valence-corrected chi connectivity index (χ4v) is 2.17. The quantitative estimate of drug-likeness (QED) is 0.754. The summed E-state index contributed by atoms with van der Waals surface area (Å²) in [6.07, 6.45) is 1.04. The number of halogens is 1. The molecule has 0 spiro atoms. The van der Waals surface area contributed by atoms with Crippen LogP contribution in [0.4, 0.5) is 0 Å². The van der Waals surface area contributed by atoms with E-state index in [1.54, 1.807) is 19.2 Å². The first-order valence-corrected chi connectivity index (χ1v) is 6.85. The number of likely N-dealkylation sites (N-methyl/N-ethyl adjacent to an activating group) is 1. The van der Waals surface area contributed by atoms with Crippen molar-refractivity contribution in [3.8, 4) is 5.75 Å². The van der Waals surface area contributed by atoms with Crippen LogP contribution in [0.2, 0.25) is 0 Å². The van der Waals surface area contributed by atoms with Crippen LogP contribution in [0.1, 0.15) is 30.6 Å². The van der Waals surface area contributed by atoms with Gasteiger partial charge in [0, 0.05) is 11.6 Å². The summed E-state index contributed by atoms with van der Waals surface area (Å²) in [4.78, 5) is 14.2. The average Bonchev–Trinajstić information content (AvgIpc) is 2.37. The summed E-state index contributed by atoms with van der Waals surface area (Å²) in [6, 6.07) is 5.83. The van der Waals surface area contributed by atoms with Crippen molar-refractivity contribution in [2.24, 2.45) is 0 Å². The lowest BCUT2D eigenvalue weighted by molar-refractivity contribution is 0.0923. The molecule has 4 heteroatoms. The summed E-state index contributed by atoms with van der Waals surface area (Å²) in [6.45, 7) is 4.68. The summed E-state index contributed by atoms with van der Waals surface area (Å²) in [5.74, 6) is 0.864. The minimum absolute atomic E-state index is 0.126. The number of hydrogen-bond acceptors (Lipinski definition) is 3. The number of Topliss-reactive ketones (excluding diaryl/α,β-unsaturated/α-hetero) is 1. The molecule has 0 N–H and O–H groups in total. The molecule has 1 rings (SSSR count). The minimum Gasteiger partial charge on any atom is -0.496 e. The fraction of sp³-hybridized carbons (Fsp3) is 0.500. The number of ketones is 1. The van der Waals surface area contributed by atoms with Gasteiger partial charge in [-0.3, -0.25) is 9.69 Å². The van der Waals surface area contributed by atoms with E-state index in [0.29, 0.717) is 18.2 Å². The highest BCUT2D eigenvalue weighted by Gasteiger charge is 2.14. The molecule has 0 aliphatic carbocycles. The number of nitrogens with zero attached hydrogens (tertiary/aromatic N) is 1. The molecular formula is C14H20BrNO2. The lowest BCUT2D eigenvalue weighted by Gasteiger charge is -2.22. The predicted molar refractivity (Wildman–Crippen MR) is 77.4 cm³/mol. The molecule has 100 valence electrons. The van der Waals surface area contributed by atoms with E-state index >= 15 is 0 Å². The van der Waals surface area contributed by atoms with Crippen molar-refractivity contribution in [1.82, 2.24) is 4.90 Å². The second kappa shape index (κ2) is 6.90. The Morgan fingerprint density at radius 3 is 2.67 bits per heavy atom. The van der Waals surface area contributed by atoms with Crippen LogP contribution < -0.4 is 4.74 Å². The highest BCUT2D eigenvalue weighted by Crippen LogP contribution is 2.25. The Hall–Kier alpha value is -0.870. The second-order valence-corrected chi connectivity index (χ2v) is 5.30. The van der Waals surface area contributed by atoms with Crippen molar-refractivity contribution < 1.29 is 9.53 Å². The highest BCUT2D eigenvalue weighted by atomic mass is 79.9. The van der Waals surface area contributed by atoms with Gasteiger partial charge < -0.3 is 4.74 Å². The van der Waals surface area contributed by atoms with Crippen LogP contribution in [0, 0.1) is 0 Å². The van der Waals surface area contributed by atoms with Crippen LogP contribution in [-0.4, -0.2) is 37.4 Å². The Balaban J connectivity index is 2.76. The Morgan fingerprint density at radius 2 is 2.17 bits per heavy atom. The third-order valence-electron chi connectivity index (χ3n) is 3.21. The van der Waals surface area contributed by atoms with Crippen LogP contribution in [0.3, 0.4) is 0 Å². The van der Waals surface area contributed by atoms with E-state index < -0.39 is 0 Å². The maximum atomic E-state index is 12.1. The summed E-state index contributed by atoms with van der Waals surface area (Å²) in [5, 5.41) is 0. The number of ether oxygens (including phenoxy) is 1. The Morgan fingerprint density at radius 1 is 1.50 bits per heavy atom. The van der Waals surface area contributed by atoms with Gasteiger partial charge in [0.15, 0.2) is 5.78 Å². The first-order valence-electron chi connectivity index (χ1n) is 6.06. The van der Waals surface area contributed by atoms with Crippen molar-refractivity contribution in [2.45, 2.75) is 26.3 Å². The van der Waals surface area contributed by atoms with Crippen LogP contribution in [0.25, 0.3) is 0 Å². The van der Waals surface area contributed by atoms with Gasteiger partial charge in [-0.15, -0.1) is 0 Å². The zero-order valence-electron chi connectivity index (χ0n) is 11.4. The third-order valence-corrected chi connectivity index (χ3v) is 3.83. The van der Waals surface area contributed by atoms with E-state index in [1.165, 1.54) is 0 Å². The Labute approximate surface area is 117 Å². The third kappa shape index (κ3) is 3.82. The lowest BCUT2D eigenvalue weighted by Crippen LogP contribution is -2.33. The maximum absolute atomic E-state index is 12.1. The normalized spacial score (nSPS) is 12.6. The molecule has 3 nitrogen and oxygen atoms in total. The van der Waals surface area contributed by atoms with Crippen molar-refractivity contribution in [3.63, 3.8) is 0 Å². The number of benzene rings is 1. The molecule has 18 heavy (non-hydrogen) atoms. The number of rotatable bonds is 6. The molecular weight excluding hydrogens is 294 g/mol. The van der Waals surface area contributed by atoms with Gasteiger partial charge in [0.05, 0.1) is 18.1 Å². The molecule has 0 aromatic heterocycles. The van der Waals surface area contributed by atoms with E-state index in [2.05, 4.69) is 34.7 Å². The largest absolute Gasteiger partial charge is 0.496 e. The average molecular weight is 314 g/mol. The summed E-state index contributed by atoms with van der Waals surface area (Å²) in [7, 11) is 3.59. The molecule has 0 aliphatic rings. The number of methoxy groups -OCH3 is 1. The molecule has 0 radical (unpaired) electrons. The van der Waals surface area contributed by atoms with Crippen LogP contribution >= 0.6 is 15.9 Å². The van der Waals surface area contributed by atoms with Crippen molar-refractivity contribution in [1.29, 1.82) is 0 Å². The van der Waals surface area contributed by atoms with Gasteiger partial charge >= 0.3 is 0 Å². The second-order valence-electron chi connectivity index (χ2n) is 4.44. The zero-order chi connectivity index (χ0) is 13.7. The van der Waals surface area contributed by atoms with E-state index in [9.17, 15) is 4.79 Å². The zero-order valence-corrected chi connectivity index (χ0v) is 13.0. The van der Waals surface area contributed by atoms with Gasteiger partial charge in [-0.25, -0.2) is 0 Å². The maximum Gasteiger partial charge on any atom is 0.176 e. The highest BCUT2D eigenvalue weighted by molar-refractivity contribution is 9.10. The van der Waals surface area contributed by atoms with Crippen LogP contribution in [0.5, 0.6) is 5.75 Å². The van der Waals surface area contributed by atoms with Crippen LogP contribution in [0.15, 0.2) is 22.7 Å². The first kappa shape index (κ1) is 15.2. The van der Waals surface area contributed by atoms with Crippen LogP contribution in [-0.2, 0) is 0 Å². The van der Waals surface area contributed by atoms with Gasteiger partial charge in [-0.2, -0.15) is 0 Å². The monoisotopic (exact) mass is 313 g/mol. The van der Waals surface area contributed by atoms with Gasteiger partial charge in [0.1, 0.15) is 5.75 Å². The molecule has 1 unspecified atom stereocenters. The Kier molecular flexibility index (Phi) is 5.82. The SMILES string of the molecule is CCC(C)N(C)CC(=O)c1ccc(OC)c(Br)c1. The number of carbonyl (C=O) groups excluding carboxylic acids is 1. The molecule has 0 saturated carbocycles. The van der Waals surface area contributed by atoms with Gasteiger partial charge in [-0.1, -0.05) is 6.92 Å². The molecule has 1 aromatic rings. The van der Waals surface area contributed by atoms with E-state index in [4.69, 9.17) is 4.74 Å². The standard InChI is InChI=1S/C14H20BrNO2/c1-5-10(2)16(3)9-13(17)11-6-7-14(18-4)12(15)8-11/h6-8,10H,5,9H2,1-4H3. The molecule has 1 aromatic carbocycles. The van der Waals surface area contributed by atoms with E-state index in [0.717, 1.165) is 16.6 Å². The Bertz CT molecular complexity index is 420. The van der Waals surface area contributed by atoms with Gasteiger partial charge in [0.2, 0.25) is 0 Å². The van der Waals surface area contributed by atoms with Crippen molar-refractivity contribution in [2.75, 3.05) is 20.7 Å². The topological polar surface area (TPSA) is 29.5 Å². The molecule has 0 bridgehead atoms. The van der Waals surface area contributed by atoms with Gasteiger partial charge in [0.25, 0.3) is 0 Å². The lowest BCUT2D eigenvalue weighted by atomic mass is 10.1. The molecule has 0 fully saturated rings. The molecule has 0 amide bonds. The van der Waals surface area contributed by atoms with Crippen molar-refractivity contribution >= 4 is 21.7 Å². The summed E-state index contributed by atoms with van der Waals surface area (Å²) < 4.78 is 5.96. The van der Waals surface area contributed by atoms with Crippen molar-refractivity contribution in [3.05, 3.63) is 28.2 Å². The number of carbonyl (C=O) groups is 1. The molecule has 1 atom stereocenters. The van der Waals surface area contributed by atoms with E-state index in [-0.39, 0.29) is 5.78 Å². The first-order chi connectivity index (χ1) is 8.49. The molecule has 0 heterocycles.